The van der Waals surface area contributed by atoms with Crippen molar-refractivity contribution in [3.8, 4) is 0 Å². The Morgan fingerprint density at radius 1 is 0.968 bits per heavy atom. The first-order valence-electron chi connectivity index (χ1n) is 10.5. The number of hydrogen-bond donors (Lipinski definition) is 0. The number of rotatable bonds is 5. The molecule has 0 aromatic heterocycles. The maximum atomic E-state index is 13.6. The Kier molecular flexibility index (Phi) is 6.64. The van der Waals surface area contributed by atoms with E-state index in [2.05, 4.69) is 0 Å². The molecule has 0 spiro atoms. The molecule has 1 saturated carbocycles. The Hall–Kier alpha value is -1.21. The molecule has 0 bridgehead atoms. The van der Waals surface area contributed by atoms with Gasteiger partial charge in [-0.1, -0.05) is 90.5 Å². The van der Waals surface area contributed by atoms with Crippen molar-refractivity contribution >= 4 is 50.9 Å². The maximum Gasteiger partial charge on any atom is 0.274 e. The minimum atomic E-state index is -4.12. The standard InChI is InChI=1S/C23H25Cl2NO3S2/c1-16-12-14-19(15-13-16)31(28,29)26-21(30-18-10-6-3-7-11-18)20(23(24,25)22(26)27)17-8-4-2-5-9-17/h2,4-5,8-9,12-15,18,20-21H,3,6-7,10-11H2,1H3/t20-,21+/m1/s1. The number of carbonyl (C=O) groups is 1. The molecule has 0 N–H and O–H groups in total. The maximum absolute atomic E-state index is 13.6. The minimum Gasteiger partial charge on any atom is -0.270 e. The lowest BCUT2D eigenvalue weighted by Crippen LogP contribution is -2.40. The molecule has 1 heterocycles. The van der Waals surface area contributed by atoms with Crippen LogP contribution in [0.2, 0.25) is 0 Å². The fraction of sp³-hybridized carbons (Fsp3) is 0.435. The van der Waals surface area contributed by atoms with Gasteiger partial charge in [-0.2, -0.15) is 0 Å². The number of aryl methyl sites for hydroxylation is 1. The lowest BCUT2D eigenvalue weighted by molar-refractivity contribution is -0.124. The highest BCUT2D eigenvalue weighted by molar-refractivity contribution is 8.01. The van der Waals surface area contributed by atoms with Gasteiger partial charge < -0.3 is 0 Å². The molecule has 1 saturated heterocycles. The Morgan fingerprint density at radius 3 is 2.19 bits per heavy atom. The fourth-order valence-corrected chi connectivity index (χ4v) is 8.95. The van der Waals surface area contributed by atoms with E-state index in [0.717, 1.165) is 41.1 Å². The quantitative estimate of drug-likeness (QED) is 0.484. The molecule has 31 heavy (non-hydrogen) atoms. The van der Waals surface area contributed by atoms with Crippen molar-refractivity contribution in [1.29, 1.82) is 0 Å². The normalized spacial score (nSPS) is 24.5. The summed E-state index contributed by atoms with van der Waals surface area (Å²) in [6, 6.07) is 15.8. The number of halogens is 2. The summed E-state index contributed by atoms with van der Waals surface area (Å²) in [6.07, 6.45) is 5.38. The molecule has 4 rings (SSSR count). The van der Waals surface area contributed by atoms with E-state index < -0.39 is 31.6 Å². The Labute approximate surface area is 198 Å². The molecule has 0 radical (unpaired) electrons. The van der Waals surface area contributed by atoms with Crippen molar-refractivity contribution in [2.45, 2.75) is 64.8 Å². The van der Waals surface area contributed by atoms with E-state index in [1.54, 1.807) is 12.1 Å². The van der Waals surface area contributed by atoms with E-state index in [9.17, 15) is 13.2 Å². The van der Waals surface area contributed by atoms with Crippen LogP contribution in [0.25, 0.3) is 0 Å². The SMILES string of the molecule is Cc1ccc(S(=O)(=O)N2C(=O)C(Cl)(Cl)[C@H](c3ccccc3)[C@@H]2SC2CCCCC2)cc1. The van der Waals surface area contributed by atoms with Crippen LogP contribution in [-0.4, -0.2) is 33.6 Å². The Bertz CT molecular complexity index is 1040. The molecular formula is C23H25Cl2NO3S2. The monoisotopic (exact) mass is 497 g/mol. The lowest BCUT2D eigenvalue weighted by atomic mass is 9.97. The average Bonchev–Trinajstić information content (AvgIpc) is 2.95. The van der Waals surface area contributed by atoms with Crippen LogP contribution in [0.1, 0.15) is 49.1 Å². The molecule has 166 valence electrons. The third kappa shape index (κ3) is 4.37. The molecule has 8 heteroatoms. The number of amides is 1. The van der Waals surface area contributed by atoms with Gasteiger partial charge in [0.05, 0.1) is 10.8 Å². The number of sulfonamides is 1. The van der Waals surface area contributed by atoms with Crippen LogP contribution in [0.3, 0.4) is 0 Å². The fourth-order valence-electron chi connectivity index (χ4n) is 4.35. The van der Waals surface area contributed by atoms with E-state index in [1.807, 2.05) is 37.3 Å². The zero-order chi connectivity index (χ0) is 22.2. The summed E-state index contributed by atoms with van der Waals surface area (Å²) >= 11 is 14.8. The van der Waals surface area contributed by atoms with Gasteiger partial charge in [0.2, 0.25) is 4.33 Å². The molecule has 0 unspecified atom stereocenters. The van der Waals surface area contributed by atoms with Gasteiger partial charge in [0.25, 0.3) is 15.9 Å². The van der Waals surface area contributed by atoms with Gasteiger partial charge in [-0.15, -0.1) is 11.8 Å². The molecular weight excluding hydrogens is 473 g/mol. The zero-order valence-electron chi connectivity index (χ0n) is 17.2. The summed E-state index contributed by atoms with van der Waals surface area (Å²) in [4.78, 5) is 13.5. The van der Waals surface area contributed by atoms with Crippen LogP contribution in [0.5, 0.6) is 0 Å². The molecule has 2 fully saturated rings. The Balaban J connectivity index is 1.81. The summed E-state index contributed by atoms with van der Waals surface area (Å²) in [5.74, 6) is -1.45. The van der Waals surface area contributed by atoms with Gasteiger partial charge in [0.1, 0.15) is 5.37 Å². The number of alkyl halides is 2. The van der Waals surface area contributed by atoms with Crippen molar-refractivity contribution in [2.24, 2.45) is 0 Å². The average molecular weight is 498 g/mol. The largest absolute Gasteiger partial charge is 0.274 e. The molecule has 2 aliphatic rings. The predicted octanol–water partition coefficient (Wildman–Crippen LogP) is 5.88. The highest BCUT2D eigenvalue weighted by Gasteiger charge is 2.62. The first kappa shape index (κ1) is 23.0. The molecule has 2 atom stereocenters. The van der Waals surface area contributed by atoms with E-state index in [1.165, 1.54) is 30.3 Å². The van der Waals surface area contributed by atoms with Crippen molar-refractivity contribution < 1.29 is 13.2 Å². The van der Waals surface area contributed by atoms with Crippen LogP contribution in [0, 0.1) is 6.92 Å². The second-order valence-corrected chi connectivity index (χ2v) is 12.8. The van der Waals surface area contributed by atoms with Crippen LogP contribution in [0.4, 0.5) is 0 Å². The summed E-state index contributed by atoms with van der Waals surface area (Å²) in [6.45, 7) is 1.88. The van der Waals surface area contributed by atoms with Gasteiger partial charge in [-0.05, 0) is 37.5 Å². The number of thioether (sulfide) groups is 1. The second-order valence-electron chi connectivity index (χ2n) is 8.22. The lowest BCUT2D eigenvalue weighted by Gasteiger charge is -2.32. The second kappa shape index (κ2) is 8.97. The molecule has 1 aliphatic heterocycles. The zero-order valence-corrected chi connectivity index (χ0v) is 20.4. The van der Waals surface area contributed by atoms with Gasteiger partial charge in [-0.25, -0.2) is 12.7 Å². The van der Waals surface area contributed by atoms with E-state index in [0.29, 0.717) is 0 Å². The van der Waals surface area contributed by atoms with E-state index in [-0.39, 0.29) is 10.1 Å². The van der Waals surface area contributed by atoms with Crippen LogP contribution < -0.4 is 0 Å². The number of nitrogens with zero attached hydrogens (tertiary/aromatic N) is 1. The molecule has 2 aromatic carbocycles. The van der Waals surface area contributed by atoms with Crippen LogP contribution >= 0.6 is 35.0 Å². The van der Waals surface area contributed by atoms with Crippen LogP contribution in [0.15, 0.2) is 59.5 Å². The van der Waals surface area contributed by atoms with E-state index >= 15 is 0 Å². The predicted molar refractivity (Wildman–Crippen MR) is 127 cm³/mol. The summed E-state index contributed by atoms with van der Waals surface area (Å²) in [5.41, 5.74) is 1.70. The van der Waals surface area contributed by atoms with Crippen molar-refractivity contribution in [1.82, 2.24) is 4.31 Å². The smallest absolute Gasteiger partial charge is 0.270 e. The van der Waals surface area contributed by atoms with Gasteiger partial charge in [0.15, 0.2) is 0 Å². The summed E-state index contributed by atoms with van der Waals surface area (Å²) < 4.78 is 26.4. The van der Waals surface area contributed by atoms with Crippen LogP contribution in [-0.2, 0) is 14.8 Å². The van der Waals surface area contributed by atoms with E-state index in [4.69, 9.17) is 23.2 Å². The van der Waals surface area contributed by atoms with Gasteiger partial charge in [0, 0.05) is 5.25 Å². The summed E-state index contributed by atoms with van der Waals surface area (Å²) in [5, 5.41) is -0.449. The molecule has 1 aliphatic carbocycles. The number of hydrogen-bond acceptors (Lipinski definition) is 4. The first-order chi connectivity index (χ1) is 14.7. The van der Waals surface area contributed by atoms with Gasteiger partial charge >= 0.3 is 0 Å². The molecule has 1 amide bonds. The summed E-state index contributed by atoms with van der Waals surface area (Å²) in [7, 11) is -4.12. The van der Waals surface area contributed by atoms with Gasteiger partial charge in [-0.3, -0.25) is 4.79 Å². The van der Waals surface area contributed by atoms with Crippen molar-refractivity contribution in [3.63, 3.8) is 0 Å². The first-order valence-corrected chi connectivity index (χ1v) is 13.6. The highest BCUT2D eigenvalue weighted by Crippen LogP contribution is 2.55. The Morgan fingerprint density at radius 2 is 1.58 bits per heavy atom. The van der Waals surface area contributed by atoms with Crippen molar-refractivity contribution in [3.05, 3.63) is 65.7 Å². The topological polar surface area (TPSA) is 54.5 Å². The third-order valence-electron chi connectivity index (χ3n) is 6.01. The third-order valence-corrected chi connectivity index (χ3v) is 10.3. The molecule has 4 nitrogen and oxygen atoms in total. The number of carbonyl (C=O) groups excluding carboxylic acids is 1. The number of benzene rings is 2. The molecule has 2 aromatic rings. The highest BCUT2D eigenvalue weighted by atomic mass is 35.5. The minimum absolute atomic E-state index is 0.0681. The van der Waals surface area contributed by atoms with Crippen molar-refractivity contribution in [2.75, 3.05) is 0 Å².